The van der Waals surface area contributed by atoms with Crippen molar-refractivity contribution in [2.45, 2.75) is 6.92 Å². The number of thiazole rings is 1. The second-order valence-corrected chi connectivity index (χ2v) is 7.26. The van der Waals surface area contributed by atoms with Crippen LogP contribution in [-0.2, 0) is 0 Å². The summed E-state index contributed by atoms with van der Waals surface area (Å²) in [6.07, 6.45) is 1.45. The maximum atomic E-state index is 12.8. The maximum absolute atomic E-state index is 12.8. The van der Waals surface area contributed by atoms with Gasteiger partial charge in [-0.15, -0.1) is 0 Å². The highest BCUT2D eigenvalue weighted by molar-refractivity contribution is 7.22. The molecule has 27 heavy (non-hydrogen) atoms. The van der Waals surface area contributed by atoms with Gasteiger partial charge in [-0.05, 0) is 36.8 Å². The first-order valence-corrected chi connectivity index (χ1v) is 9.09. The van der Waals surface area contributed by atoms with Gasteiger partial charge in [-0.2, -0.15) is 5.10 Å². The highest BCUT2D eigenvalue weighted by Gasteiger charge is 2.17. The summed E-state index contributed by atoms with van der Waals surface area (Å²) in [7, 11) is 0. The molecule has 5 rings (SSSR count). The highest BCUT2D eigenvalue weighted by atomic mass is 32.1. The van der Waals surface area contributed by atoms with Crippen LogP contribution in [0.15, 0.2) is 53.5 Å². The molecule has 0 aliphatic heterocycles. The average molecular weight is 375 g/mol. The van der Waals surface area contributed by atoms with Crippen LogP contribution < -0.4 is 10.9 Å². The van der Waals surface area contributed by atoms with E-state index in [9.17, 15) is 9.59 Å². The van der Waals surface area contributed by atoms with Gasteiger partial charge in [-0.25, -0.2) is 9.50 Å². The summed E-state index contributed by atoms with van der Waals surface area (Å²) >= 11 is 1.41. The Balaban J connectivity index is 1.58. The minimum Gasteiger partial charge on any atom is -0.306 e. The molecule has 0 spiro atoms. The number of aromatic nitrogens is 4. The van der Waals surface area contributed by atoms with E-state index in [2.05, 4.69) is 20.4 Å². The van der Waals surface area contributed by atoms with Gasteiger partial charge in [0.15, 0.2) is 5.13 Å². The molecule has 7 nitrogen and oxygen atoms in total. The van der Waals surface area contributed by atoms with Gasteiger partial charge in [0, 0.05) is 0 Å². The van der Waals surface area contributed by atoms with Gasteiger partial charge in [-0.3, -0.25) is 14.9 Å². The first-order chi connectivity index (χ1) is 13.1. The molecule has 2 aromatic carbocycles. The van der Waals surface area contributed by atoms with Crippen molar-refractivity contribution in [3.05, 3.63) is 70.1 Å². The van der Waals surface area contributed by atoms with Gasteiger partial charge in [0.25, 0.3) is 11.5 Å². The Kier molecular flexibility index (Phi) is 3.34. The lowest BCUT2D eigenvalue weighted by molar-refractivity contribution is 0.102. The lowest BCUT2D eigenvalue weighted by atomic mass is 10.2. The Hall–Kier alpha value is -3.52. The summed E-state index contributed by atoms with van der Waals surface area (Å²) in [5, 5.41) is 8.10. The molecule has 3 heterocycles. The summed E-state index contributed by atoms with van der Waals surface area (Å²) in [5.41, 5.74) is 2.99. The zero-order valence-electron chi connectivity index (χ0n) is 14.2. The van der Waals surface area contributed by atoms with E-state index >= 15 is 0 Å². The van der Waals surface area contributed by atoms with E-state index in [-0.39, 0.29) is 17.0 Å². The van der Waals surface area contributed by atoms with Crippen molar-refractivity contribution in [2.24, 2.45) is 0 Å². The third kappa shape index (κ3) is 2.49. The number of hydrogen-bond donors (Lipinski definition) is 2. The first kappa shape index (κ1) is 15.7. The van der Waals surface area contributed by atoms with Crippen LogP contribution in [0.1, 0.15) is 15.9 Å². The van der Waals surface area contributed by atoms with E-state index in [0.717, 1.165) is 15.8 Å². The molecule has 132 valence electrons. The molecule has 0 fully saturated rings. The number of amides is 1. The zero-order chi connectivity index (χ0) is 18.5. The van der Waals surface area contributed by atoms with E-state index in [1.54, 1.807) is 22.7 Å². The molecule has 0 unspecified atom stereocenters. The monoisotopic (exact) mass is 375 g/mol. The van der Waals surface area contributed by atoms with Crippen molar-refractivity contribution in [2.75, 3.05) is 5.32 Å². The van der Waals surface area contributed by atoms with Crippen molar-refractivity contribution in [1.29, 1.82) is 0 Å². The number of fused-ring (bicyclic) bond motifs is 4. The van der Waals surface area contributed by atoms with Crippen LogP contribution in [0.3, 0.4) is 0 Å². The van der Waals surface area contributed by atoms with Crippen LogP contribution in [0.5, 0.6) is 0 Å². The minimum atomic E-state index is -0.369. The largest absolute Gasteiger partial charge is 0.306 e. The fourth-order valence-electron chi connectivity index (χ4n) is 3.09. The van der Waals surface area contributed by atoms with Crippen LogP contribution in [0.4, 0.5) is 5.13 Å². The number of benzene rings is 2. The highest BCUT2D eigenvalue weighted by Crippen LogP contribution is 2.27. The maximum Gasteiger partial charge on any atom is 0.262 e. The van der Waals surface area contributed by atoms with Crippen molar-refractivity contribution in [3.63, 3.8) is 0 Å². The molecule has 2 N–H and O–H groups in total. The molecule has 5 aromatic rings. The molecule has 8 heteroatoms. The number of carbonyl (C=O) groups is 1. The second-order valence-electron chi connectivity index (χ2n) is 6.23. The summed E-state index contributed by atoms with van der Waals surface area (Å²) in [4.78, 5) is 32.3. The van der Waals surface area contributed by atoms with Gasteiger partial charge in [-0.1, -0.05) is 29.5 Å². The molecule has 0 aliphatic rings. The topological polar surface area (TPSA) is 92.2 Å². The lowest BCUT2D eigenvalue weighted by Gasteiger charge is -2.02. The Bertz CT molecular complexity index is 1410. The SMILES string of the molecule is Cc1ccc2nc(NC(=O)c3cnn4c3[nH]c(=O)c3ccccc34)sc2c1. The minimum absolute atomic E-state index is 0.261. The third-order valence-corrected chi connectivity index (χ3v) is 5.32. The van der Waals surface area contributed by atoms with Gasteiger partial charge in [0.05, 0.1) is 27.3 Å². The number of hydrogen-bond acceptors (Lipinski definition) is 5. The van der Waals surface area contributed by atoms with E-state index in [1.165, 1.54) is 17.5 Å². The molecule has 0 saturated carbocycles. The number of nitrogens with zero attached hydrogens (tertiary/aromatic N) is 3. The first-order valence-electron chi connectivity index (χ1n) is 8.27. The number of carbonyl (C=O) groups excluding carboxylic acids is 1. The van der Waals surface area contributed by atoms with Crippen molar-refractivity contribution in [1.82, 2.24) is 19.6 Å². The fourth-order valence-corrected chi connectivity index (χ4v) is 4.05. The van der Waals surface area contributed by atoms with Crippen LogP contribution in [0, 0.1) is 6.92 Å². The van der Waals surface area contributed by atoms with Gasteiger partial charge < -0.3 is 4.98 Å². The Morgan fingerprint density at radius 1 is 1.22 bits per heavy atom. The lowest BCUT2D eigenvalue weighted by Crippen LogP contribution is -2.15. The Labute approximate surface area is 156 Å². The summed E-state index contributed by atoms with van der Waals surface area (Å²) in [6, 6.07) is 13.1. The number of para-hydroxylation sites is 1. The average Bonchev–Trinajstić information content (AvgIpc) is 3.25. The zero-order valence-corrected chi connectivity index (χ0v) is 15.0. The quantitative estimate of drug-likeness (QED) is 0.495. The summed E-state index contributed by atoms with van der Waals surface area (Å²) in [5.74, 6) is -0.369. The van der Waals surface area contributed by atoms with Gasteiger partial charge >= 0.3 is 0 Å². The van der Waals surface area contributed by atoms with E-state index in [4.69, 9.17) is 0 Å². The van der Waals surface area contributed by atoms with E-state index in [0.29, 0.717) is 21.7 Å². The molecule has 0 aliphatic carbocycles. The van der Waals surface area contributed by atoms with Crippen LogP contribution in [-0.4, -0.2) is 25.5 Å². The van der Waals surface area contributed by atoms with Gasteiger partial charge in [0.2, 0.25) is 0 Å². The molecule has 1 amide bonds. The standard InChI is InChI=1S/C19H13N5O2S/c1-10-6-7-13-15(8-10)27-19(21-13)23-18(26)12-9-20-24-14-5-3-2-4-11(14)17(25)22-16(12)24/h2-9H,1H3,(H,22,25)(H,21,23,26). The number of aryl methyl sites for hydroxylation is 1. The Morgan fingerprint density at radius 2 is 2.07 bits per heavy atom. The van der Waals surface area contributed by atoms with Crippen LogP contribution in [0.25, 0.3) is 26.8 Å². The molecule has 0 radical (unpaired) electrons. The Morgan fingerprint density at radius 3 is 2.96 bits per heavy atom. The van der Waals surface area contributed by atoms with E-state index < -0.39 is 0 Å². The third-order valence-electron chi connectivity index (χ3n) is 4.39. The number of nitrogens with one attached hydrogen (secondary N) is 2. The number of anilines is 1. The predicted octanol–water partition coefficient (Wildman–Crippen LogP) is 3.35. The molecule has 0 bridgehead atoms. The second kappa shape index (κ2) is 5.75. The number of aromatic amines is 1. The van der Waals surface area contributed by atoms with Gasteiger partial charge in [0.1, 0.15) is 11.2 Å². The van der Waals surface area contributed by atoms with Crippen LogP contribution in [0.2, 0.25) is 0 Å². The summed E-state index contributed by atoms with van der Waals surface area (Å²) in [6.45, 7) is 2.01. The van der Waals surface area contributed by atoms with Crippen molar-refractivity contribution >= 4 is 49.1 Å². The smallest absolute Gasteiger partial charge is 0.262 e. The fraction of sp³-hybridized carbons (Fsp3) is 0.0526. The summed E-state index contributed by atoms with van der Waals surface area (Å²) < 4.78 is 2.57. The normalized spacial score (nSPS) is 11.4. The molecule has 0 saturated heterocycles. The number of H-pyrrole nitrogens is 1. The molecular weight excluding hydrogens is 362 g/mol. The van der Waals surface area contributed by atoms with Crippen LogP contribution >= 0.6 is 11.3 Å². The molecular formula is C19H13N5O2S. The van der Waals surface area contributed by atoms with Crippen molar-refractivity contribution < 1.29 is 4.79 Å². The number of rotatable bonds is 2. The molecule has 3 aromatic heterocycles. The molecule has 0 atom stereocenters. The van der Waals surface area contributed by atoms with Crippen molar-refractivity contribution in [3.8, 4) is 0 Å². The van der Waals surface area contributed by atoms with E-state index in [1.807, 2.05) is 31.2 Å². The predicted molar refractivity (Wildman–Crippen MR) is 106 cm³/mol.